The number of nitrogens with zero attached hydrogens (tertiary/aromatic N) is 1. The Bertz CT molecular complexity index is 492. The number of hydrogen-bond donors (Lipinski definition) is 1. The third-order valence-electron chi connectivity index (χ3n) is 2.81. The van der Waals surface area contributed by atoms with E-state index >= 15 is 0 Å². The minimum Gasteiger partial charge on any atom is -0.345 e. The van der Waals surface area contributed by atoms with E-state index in [4.69, 9.17) is 23.2 Å². The van der Waals surface area contributed by atoms with Crippen molar-refractivity contribution in [1.82, 2.24) is 4.90 Å². The Morgan fingerprint density at radius 3 is 2.65 bits per heavy atom. The van der Waals surface area contributed by atoms with Gasteiger partial charge in [0.2, 0.25) is 11.8 Å². The molecule has 6 heteroatoms. The molecular formula is C14H18Cl2N2O2. The smallest absolute Gasteiger partial charge is 0.233 e. The highest BCUT2D eigenvalue weighted by Gasteiger charge is 2.15. The molecule has 0 radical (unpaired) electrons. The van der Waals surface area contributed by atoms with Gasteiger partial charge in [-0.05, 0) is 18.6 Å². The molecule has 0 unspecified atom stereocenters. The summed E-state index contributed by atoms with van der Waals surface area (Å²) in [5.41, 5.74) is 0.410. The normalized spacial score (nSPS) is 10.2. The fourth-order valence-electron chi connectivity index (χ4n) is 1.59. The maximum absolute atomic E-state index is 11.8. The van der Waals surface area contributed by atoms with Crippen LogP contribution in [0.2, 0.25) is 10.0 Å². The van der Waals surface area contributed by atoms with Crippen LogP contribution in [0.3, 0.4) is 0 Å². The van der Waals surface area contributed by atoms with Crippen LogP contribution in [0.4, 0.5) is 5.69 Å². The van der Waals surface area contributed by atoms with Gasteiger partial charge in [0.1, 0.15) is 6.42 Å². The highest BCUT2D eigenvalue weighted by molar-refractivity contribution is 6.44. The molecule has 0 aromatic heterocycles. The van der Waals surface area contributed by atoms with Gasteiger partial charge in [-0.3, -0.25) is 9.59 Å². The number of hydrogen-bond acceptors (Lipinski definition) is 2. The fourth-order valence-corrected chi connectivity index (χ4v) is 1.93. The summed E-state index contributed by atoms with van der Waals surface area (Å²) < 4.78 is 0. The zero-order valence-corrected chi connectivity index (χ0v) is 13.1. The van der Waals surface area contributed by atoms with Crippen LogP contribution in [0.25, 0.3) is 0 Å². The van der Waals surface area contributed by atoms with E-state index in [1.807, 2.05) is 6.92 Å². The van der Waals surface area contributed by atoms with Gasteiger partial charge in [0.05, 0.1) is 15.7 Å². The largest absolute Gasteiger partial charge is 0.345 e. The van der Waals surface area contributed by atoms with Gasteiger partial charge in [-0.15, -0.1) is 0 Å². The number of nitrogens with one attached hydrogen (secondary N) is 1. The molecular weight excluding hydrogens is 299 g/mol. The number of benzene rings is 1. The molecule has 0 atom stereocenters. The molecule has 0 aliphatic rings. The molecule has 0 spiro atoms. The molecule has 0 saturated carbocycles. The minimum absolute atomic E-state index is 0.205. The molecule has 1 aromatic carbocycles. The average Bonchev–Trinajstić information content (AvgIpc) is 2.41. The summed E-state index contributed by atoms with van der Waals surface area (Å²) >= 11 is 11.8. The first-order valence-electron chi connectivity index (χ1n) is 6.43. The van der Waals surface area contributed by atoms with Gasteiger partial charge in [-0.1, -0.05) is 42.6 Å². The van der Waals surface area contributed by atoms with Crippen molar-refractivity contribution >= 4 is 40.7 Å². The predicted octanol–water partition coefficient (Wildman–Crippen LogP) is 3.58. The van der Waals surface area contributed by atoms with E-state index in [2.05, 4.69) is 5.32 Å². The Balaban J connectivity index is 2.55. The minimum atomic E-state index is -0.400. The van der Waals surface area contributed by atoms with Crippen molar-refractivity contribution in [2.45, 2.75) is 26.2 Å². The topological polar surface area (TPSA) is 49.4 Å². The van der Waals surface area contributed by atoms with Crippen molar-refractivity contribution in [2.24, 2.45) is 0 Å². The quantitative estimate of drug-likeness (QED) is 0.815. The maximum atomic E-state index is 11.8. The number of carbonyl (C=O) groups excluding carboxylic acids is 2. The van der Waals surface area contributed by atoms with Crippen LogP contribution in [0.1, 0.15) is 26.2 Å². The molecule has 2 amide bonds. The highest BCUT2D eigenvalue weighted by atomic mass is 35.5. The molecule has 1 aromatic rings. The molecule has 0 saturated heterocycles. The molecule has 0 fully saturated rings. The summed E-state index contributed by atoms with van der Waals surface area (Å²) in [6.07, 6.45) is 1.72. The molecule has 1 rings (SSSR count). The van der Waals surface area contributed by atoms with Gasteiger partial charge in [0.15, 0.2) is 0 Å². The first-order valence-corrected chi connectivity index (χ1v) is 7.19. The second-order valence-electron chi connectivity index (χ2n) is 4.50. The molecule has 20 heavy (non-hydrogen) atoms. The van der Waals surface area contributed by atoms with Gasteiger partial charge in [0, 0.05) is 13.6 Å². The molecule has 0 heterocycles. The zero-order chi connectivity index (χ0) is 15.1. The van der Waals surface area contributed by atoms with E-state index in [1.54, 1.807) is 30.1 Å². The fraction of sp³-hybridized carbons (Fsp3) is 0.429. The Morgan fingerprint density at radius 2 is 2.00 bits per heavy atom. The summed E-state index contributed by atoms with van der Waals surface area (Å²) in [6, 6.07) is 4.94. The van der Waals surface area contributed by atoms with Crippen LogP contribution in [-0.2, 0) is 9.59 Å². The van der Waals surface area contributed by atoms with Crippen molar-refractivity contribution in [3.05, 3.63) is 28.2 Å². The van der Waals surface area contributed by atoms with Gasteiger partial charge in [0.25, 0.3) is 0 Å². The molecule has 4 nitrogen and oxygen atoms in total. The van der Waals surface area contributed by atoms with E-state index < -0.39 is 5.91 Å². The van der Waals surface area contributed by atoms with E-state index in [0.29, 0.717) is 17.3 Å². The standard InChI is InChI=1S/C14H18Cl2N2O2/c1-3-4-8-18(2)13(20)9-12(19)17-11-7-5-6-10(15)14(11)16/h5-7H,3-4,8-9H2,1-2H3,(H,17,19). The maximum Gasteiger partial charge on any atom is 0.233 e. The summed E-state index contributed by atoms with van der Waals surface area (Å²) in [7, 11) is 1.69. The summed E-state index contributed by atoms with van der Waals surface area (Å²) in [5.74, 6) is -0.614. The van der Waals surface area contributed by atoms with Crippen LogP contribution < -0.4 is 5.32 Å². The predicted molar refractivity (Wildman–Crippen MR) is 82.3 cm³/mol. The number of anilines is 1. The third-order valence-corrected chi connectivity index (χ3v) is 3.63. The number of carbonyl (C=O) groups is 2. The van der Waals surface area contributed by atoms with Crippen molar-refractivity contribution in [1.29, 1.82) is 0 Å². The van der Waals surface area contributed by atoms with Gasteiger partial charge in [-0.25, -0.2) is 0 Å². The van der Waals surface area contributed by atoms with Crippen LogP contribution in [-0.4, -0.2) is 30.3 Å². The molecule has 1 N–H and O–H groups in total. The molecule has 0 bridgehead atoms. The molecule has 0 aliphatic heterocycles. The van der Waals surface area contributed by atoms with E-state index in [-0.39, 0.29) is 17.4 Å². The van der Waals surface area contributed by atoms with Crippen molar-refractivity contribution < 1.29 is 9.59 Å². The lowest BCUT2D eigenvalue weighted by molar-refractivity contribution is -0.133. The van der Waals surface area contributed by atoms with Gasteiger partial charge < -0.3 is 10.2 Å². The number of rotatable bonds is 6. The lowest BCUT2D eigenvalue weighted by atomic mass is 10.2. The lowest BCUT2D eigenvalue weighted by Crippen LogP contribution is -2.31. The van der Waals surface area contributed by atoms with Gasteiger partial charge >= 0.3 is 0 Å². The summed E-state index contributed by atoms with van der Waals surface area (Å²) in [4.78, 5) is 25.2. The number of amides is 2. The lowest BCUT2D eigenvalue weighted by Gasteiger charge is -2.16. The van der Waals surface area contributed by atoms with Crippen LogP contribution in [0.15, 0.2) is 18.2 Å². The van der Waals surface area contributed by atoms with E-state index in [0.717, 1.165) is 12.8 Å². The average molecular weight is 317 g/mol. The second kappa shape index (κ2) is 8.12. The first-order chi connectivity index (χ1) is 9.45. The molecule has 0 aliphatic carbocycles. The summed E-state index contributed by atoms with van der Waals surface area (Å²) in [5, 5.41) is 3.22. The van der Waals surface area contributed by atoms with Gasteiger partial charge in [-0.2, -0.15) is 0 Å². The van der Waals surface area contributed by atoms with Crippen molar-refractivity contribution in [2.75, 3.05) is 18.9 Å². The highest BCUT2D eigenvalue weighted by Crippen LogP contribution is 2.29. The Morgan fingerprint density at radius 1 is 1.30 bits per heavy atom. The Labute approximate surface area is 129 Å². The number of unbranched alkanes of at least 4 members (excludes halogenated alkanes) is 1. The second-order valence-corrected chi connectivity index (χ2v) is 5.28. The molecule has 110 valence electrons. The summed E-state index contributed by atoms with van der Waals surface area (Å²) in [6.45, 7) is 2.70. The van der Waals surface area contributed by atoms with E-state index in [1.165, 1.54) is 0 Å². The monoisotopic (exact) mass is 316 g/mol. The van der Waals surface area contributed by atoms with Crippen molar-refractivity contribution in [3.8, 4) is 0 Å². The van der Waals surface area contributed by atoms with Crippen LogP contribution in [0.5, 0.6) is 0 Å². The third kappa shape index (κ3) is 5.02. The number of halogens is 2. The first kappa shape index (κ1) is 16.8. The Kier molecular flexibility index (Phi) is 6.82. The van der Waals surface area contributed by atoms with E-state index in [9.17, 15) is 9.59 Å². The Hall–Kier alpha value is -1.26. The van der Waals surface area contributed by atoms with Crippen LogP contribution >= 0.6 is 23.2 Å². The van der Waals surface area contributed by atoms with Crippen molar-refractivity contribution in [3.63, 3.8) is 0 Å². The van der Waals surface area contributed by atoms with Crippen LogP contribution in [0, 0.1) is 0 Å². The zero-order valence-electron chi connectivity index (χ0n) is 11.6. The SMILES string of the molecule is CCCCN(C)C(=O)CC(=O)Nc1cccc(Cl)c1Cl.